The number of hydrogen-bond donors (Lipinski definition) is 1. The molecule has 12 heavy (non-hydrogen) atoms. The molecule has 1 N–H and O–H groups in total. The van der Waals surface area contributed by atoms with E-state index in [9.17, 15) is 8.42 Å². The highest BCUT2D eigenvalue weighted by Gasteiger charge is 2.19. The van der Waals surface area contributed by atoms with Crippen LogP contribution in [0.15, 0.2) is 34.2 Å². The van der Waals surface area contributed by atoms with E-state index < -0.39 is 10.0 Å². The van der Waals surface area contributed by atoms with E-state index in [4.69, 9.17) is 0 Å². The predicted molar refractivity (Wildman–Crippen MR) is 44.9 cm³/mol. The first-order valence-electron chi connectivity index (χ1n) is 3.34. The van der Waals surface area contributed by atoms with E-state index in [0.717, 1.165) is 0 Å². The highest BCUT2D eigenvalue weighted by Crippen LogP contribution is 2.24. The average molecular weight is 182 g/mol. The van der Waals surface area contributed by atoms with Gasteiger partial charge in [-0.2, -0.15) is 0 Å². The first-order chi connectivity index (χ1) is 5.70. The van der Waals surface area contributed by atoms with Gasteiger partial charge in [0.25, 0.3) is 10.0 Å². The summed E-state index contributed by atoms with van der Waals surface area (Å²) in [5.41, 5.74) is 0.483. The molecule has 0 unspecified atom stereocenters. The summed E-state index contributed by atoms with van der Waals surface area (Å²) in [5, 5.41) is 0. The molecule has 62 valence electrons. The Bertz CT molecular complexity index is 436. The quantitative estimate of drug-likeness (QED) is 0.640. The third-order valence-electron chi connectivity index (χ3n) is 1.57. The van der Waals surface area contributed by atoms with Crippen LogP contribution >= 0.6 is 0 Å². The molecule has 0 amide bonds. The molecule has 1 heterocycles. The minimum Gasteiger partial charge on any atom is -0.270 e. The highest BCUT2D eigenvalue weighted by molar-refractivity contribution is 7.90. The maximum absolute atomic E-state index is 11.3. The van der Waals surface area contributed by atoms with Crippen molar-refractivity contribution in [3.05, 3.63) is 24.3 Å². The standard InChI is InChI=1S/C7H6N2O2S/c10-12(11)7-4-2-1-3-6(7)8-5-9-12/h1-5H,(H,8,9). The van der Waals surface area contributed by atoms with E-state index in [1.54, 1.807) is 18.2 Å². The van der Waals surface area contributed by atoms with Gasteiger partial charge in [-0.3, -0.25) is 4.72 Å². The van der Waals surface area contributed by atoms with E-state index in [1.165, 1.54) is 12.4 Å². The van der Waals surface area contributed by atoms with Gasteiger partial charge in [-0.05, 0) is 12.1 Å². The third kappa shape index (κ3) is 0.984. The Labute approximate surface area is 70.0 Å². The molecule has 2 rings (SSSR count). The third-order valence-corrected chi connectivity index (χ3v) is 2.91. The van der Waals surface area contributed by atoms with Crippen molar-refractivity contribution in [1.82, 2.24) is 4.72 Å². The van der Waals surface area contributed by atoms with Crippen LogP contribution in [0.1, 0.15) is 0 Å². The lowest BCUT2D eigenvalue weighted by atomic mass is 10.3. The molecule has 1 aromatic rings. The minimum absolute atomic E-state index is 0.229. The van der Waals surface area contributed by atoms with Gasteiger partial charge in [0.15, 0.2) is 0 Å². The van der Waals surface area contributed by atoms with Gasteiger partial charge in [-0.25, -0.2) is 13.4 Å². The second kappa shape index (κ2) is 2.31. The number of sulfonamides is 1. The van der Waals surface area contributed by atoms with Crippen molar-refractivity contribution in [2.45, 2.75) is 4.90 Å². The number of para-hydroxylation sites is 1. The van der Waals surface area contributed by atoms with Crippen molar-refractivity contribution in [3.63, 3.8) is 0 Å². The lowest BCUT2D eigenvalue weighted by molar-refractivity contribution is 0.592. The van der Waals surface area contributed by atoms with Gasteiger partial charge in [-0.1, -0.05) is 12.1 Å². The zero-order valence-electron chi connectivity index (χ0n) is 6.06. The molecule has 4 nitrogen and oxygen atoms in total. The molecular formula is C7H6N2O2S. The van der Waals surface area contributed by atoms with Crippen molar-refractivity contribution in [3.8, 4) is 0 Å². The van der Waals surface area contributed by atoms with Crippen molar-refractivity contribution in [2.24, 2.45) is 4.99 Å². The Morgan fingerprint density at radius 3 is 2.75 bits per heavy atom. The summed E-state index contributed by atoms with van der Waals surface area (Å²) in [7, 11) is -3.34. The van der Waals surface area contributed by atoms with Crippen LogP contribution in [-0.2, 0) is 10.0 Å². The summed E-state index contributed by atoms with van der Waals surface area (Å²) in [6.45, 7) is 0. The Morgan fingerprint density at radius 2 is 2.00 bits per heavy atom. The average Bonchev–Trinajstić information content (AvgIpc) is 2.04. The summed E-state index contributed by atoms with van der Waals surface area (Å²) in [4.78, 5) is 4.10. The zero-order valence-corrected chi connectivity index (χ0v) is 6.88. The molecule has 0 aliphatic carbocycles. The Morgan fingerprint density at radius 1 is 1.25 bits per heavy atom. The van der Waals surface area contributed by atoms with E-state index in [0.29, 0.717) is 5.69 Å². The molecule has 1 aliphatic heterocycles. The molecule has 1 aromatic carbocycles. The van der Waals surface area contributed by atoms with Gasteiger partial charge in [0.05, 0.1) is 5.69 Å². The highest BCUT2D eigenvalue weighted by atomic mass is 32.2. The van der Waals surface area contributed by atoms with E-state index in [1.807, 2.05) is 0 Å². The van der Waals surface area contributed by atoms with Crippen LogP contribution in [-0.4, -0.2) is 14.8 Å². The summed E-state index contributed by atoms with van der Waals surface area (Å²) in [5.74, 6) is 0. The molecular weight excluding hydrogens is 176 g/mol. The summed E-state index contributed by atoms with van der Waals surface area (Å²) >= 11 is 0. The number of benzene rings is 1. The molecule has 0 saturated heterocycles. The summed E-state index contributed by atoms with van der Waals surface area (Å²) < 4.78 is 24.7. The van der Waals surface area contributed by atoms with Gasteiger partial charge in [0.2, 0.25) is 0 Å². The van der Waals surface area contributed by atoms with Crippen molar-refractivity contribution in [1.29, 1.82) is 0 Å². The van der Waals surface area contributed by atoms with Gasteiger partial charge in [-0.15, -0.1) is 0 Å². The molecule has 0 radical (unpaired) electrons. The van der Waals surface area contributed by atoms with Gasteiger partial charge in [0, 0.05) is 0 Å². The SMILES string of the molecule is O=S1(=O)NC=Nc2ccccc21. The monoisotopic (exact) mass is 182 g/mol. The largest absolute Gasteiger partial charge is 0.270 e. The molecule has 0 fully saturated rings. The summed E-state index contributed by atoms with van der Waals surface area (Å²) in [6, 6.07) is 6.59. The smallest absolute Gasteiger partial charge is 0.264 e. The second-order valence-electron chi connectivity index (χ2n) is 2.35. The number of nitrogens with one attached hydrogen (secondary N) is 1. The van der Waals surface area contributed by atoms with Gasteiger partial charge < -0.3 is 0 Å². The first kappa shape index (κ1) is 7.30. The Hall–Kier alpha value is -1.36. The maximum atomic E-state index is 11.3. The normalized spacial score (nSPS) is 18.0. The number of hydrogen-bond acceptors (Lipinski definition) is 3. The molecule has 0 atom stereocenters. The fraction of sp³-hybridized carbons (Fsp3) is 0. The van der Waals surface area contributed by atoms with Crippen LogP contribution in [0.4, 0.5) is 5.69 Å². The van der Waals surface area contributed by atoms with E-state index in [2.05, 4.69) is 9.71 Å². The molecule has 0 bridgehead atoms. The van der Waals surface area contributed by atoms with Gasteiger partial charge >= 0.3 is 0 Å². The maximum Gasteiger partial charge on any atom is 0.264 e. The van der Waals surface area contributed by atoms with Crippen LogP contribution in [0.3, 0.4) is 0 Å². The molecule has 0 spiro atoms. The second-order valence-corrected chi connectivity index (χ2v) is 4.03. The van der Waals surface area contributed by atoms with E-state index in [-0.39, 0.29) is 4.90 Å². The number of nitrogens with zero attached hydrogens (tertiary/aromatic N) is 1. The topological polar surface area (TPSA) is 58.5 Å². The van der Waals surface area contributed by atoms with Gasteiger partial charge in [0.1, 0.15) is 11.2 Å². The molecule has 5 heteroatoms. The molecule has 0 aromatic heterocycles. The Balaban J connectivity index is 2.77. The fourth-order valence-electron chi connectivity index (χ4n) is 1.02. The summed E-state index contributed by atoms with van der Waals surface area (Å²) in [6.07, 6.45) is 1.18. The zero-order chi connectivity index (χ0) is 8.60. The van der Waals surface area contributed by atoms with Crippen LogP contribution in [0.25, 0.3) is 0 Å². The van der Waals surface area contributed by atoms with Crippen LogP contribution in [0, 0.1) is 0 Å². The van der Waals surface area contributed by atoms with Crippen LogP contribution < -0.4 is 4.72 Å². The van der Waals surface area contributed by atoms with Crippen LogP contribution in [0.2, 0.25) is 0 Å². The lowest BCUT2D eigenvalue weighted by Gasteiger charge is -2.10. The number of rotatable bonds is 0. The van der Waals surface area contributed by atoms with E-state index >= 15 is 0 Å². The number of fused-ring (bicyclic) bond motifs is 1. The predicted octanol–water partition coefficient (Wildman–Crippen LogP) is 0.638. The molecule has 0 saturated carbocycles. The fourth-order valence-corrected chi connectivity index (χ4v) is 1.99. The van der Waals surface area contributed by atoms with Crippen molar-refractivity contribution < 1.29 is 8.42 Å². The van der Waals surface area contributed by atoms with Crippen molar-refractivity contribution >= 4 is 22.0 Å². The first-order valence-corrected chi connectivity index (χ1v) is 4.82. The van der Waals surface area contributed by atoms with Crippen LogP contribution in [0.5, 0.6) is 0 Å². The minimum atomic E-state index is -3.34. The Kier molecular flexibility index (Phi) is 1.41. The lowest BCUT2D eigenvalue weighted by Crippen LogP contribution is -2.24. The number of aliphatic imine (C=N–C) groups is 1. The van der Waals surface area contributed by atoms with Crippen molar-refractivity contribution in [2.75, 3.05) is 0 Å². The molecule has 1 aliphatic rings.